The van der Waals surface area contributed by atoms with E-state index in [0.29, 0.717) is 42.6 Å². The summed E-state index contributed by atoms with van der Waals surface area (Å²) in [6, 6.07) is 26.7. The van der Waals surface area contributed by atoms with E-state index in [0.717, 1.165) is 40.0 Å². The first-order valence-corrected chi connectivity index (χ1v) is 18.3. The van der Waals surface area contributed by atoms with Gasteiger partial charge < -0.3 is 15.2 Å². The van der Waals surface area contributed by atoms with Crippen molar-refractivity contribution in [2.45, 2.75) is 83.2 Å². The lowest BCUT2D eigenvalue weighted by atomic mass is 9.95. The first-order valence-electron chi connectivity index (χ1n) is 17.2. The molecule has 0 radical (unpaired) electrons. The molecule has 1 aliphatic heterocycles. The molecule has 49 heavy (non-hydrogen) atoms. The molecule has 1 saturated carbocycles. The minimum Gasteiger partial charge on any atom is -0.457 e. The van der Waals surface area contributed by atoms with E-state index in [2.05, 4.69) is 17.2 Å². The van der Waals surface area contributed by atoms with Crippen molar-refractivity contribution in [3.8, 4) is 34.6 Å². The molecule has 0 spiro atoms. The Morgan fingerprint density at radius 1 is 1.00 bits per heavy atom. The van der Waals surface area contributed by atoms with E-state index in [-0.39, 0.29) is 18.6 Å². The highest BCUT2D eigenvalue weighted by atomic mass is 32.2. The fourth-order valence-electron chi connectivity index (χ4n) is 6.63. The number of hydrogen-bond acceptors (Lipinski definition) is 5. The third kappa shape index (κ3) is 8.48. The van der Waals surface area contributed by atoms with Gasteiger partial charge in [-0.05, 0) is 99.5 Å². The van der Waals surface area contributed by atoms with Gasteiger partial charge in [-0.2, -0.15) is 0 Å². The molecule has 6 rings (SSSR count). The summed E-state index contributed by atoms with van der Waals surface area (Å²) in [5.41, 5.74) is 5.43. The van der Waals surface area contributed by atoms with Crippen LogP contribution in [0, 0.1) is 17.8 Å². The van der Waals surface area contributed by atoms with Crippen molar-refractivity contribution < 1.29 is 18.8 Å². The second kappa shape index (κ2) is 15.5. The van der Waals surface area contributed by atoms with Crippen LogP contribution in [0.1, 0.15) is 98.1 Å². The largest absolute Gasteiger partial charge is 0.457 e. The number of carbonyl (C=O) groups is 1. The zero-order valence-electron chi connectivity index (χ0n) is 28.6. The van der Waals surface area contributed by atoms with Gasteiger partial charge in [0.1, 0.15) is 28.2 Å². The van der Waals surface area contributed by atoms with Crippen molar-refractivity contribution in [3.05, 3.63) is 113 Å². The highest BCUT2D eigenvalue weighted by molar-refractivity contribution is 7.84. The Morgan fingerprint density at radius 2 is 1.73 bits per heavy atom. The molecule has 1 amide bonds. The summed E-state index contributed by atoms with van der Waals surface area (Å²) in [5, 5.41) is 13.2. The minimum absolute atomic E-state index is 0.0640. The molecule has 8 heteroatoms. The van der Waals surface area contributed by atoms with Gasteiger partial charge >= 0.3 is 0 Å². The number of benzene rings is 3. The number of ether oxygens (including phenoxy) is 1. The molecule has 254 valence electrons. The number of aliphatic hydroxyl groups is 1. The van der Waals surface area contributed by atoms with Crippen LogP contribution in [-0.2, 0) is 24.1 Å². The van der Waals surface area contributed by atoms with Crippen LogP contribution in [0.25, 0.3) is 11.3 Å². The standard InChI is InChI=1S/C41H45N3O4S/c1-41(2,3)49(47)44-28-33-26-36(40(46)42-27-31-19-21-35(22-20-31)48-34-17-5-4-6-18-34)43-39(38(33)37(44)23-24-45)32-16-10-15-30(25-32)14-9-13-29-11-7-8-12-29/h4-6,10,15-22,25-26,29,37,45H,7-8,11-13,23-24,27-28H2,1-3H3,(H,42,46)/t37-,49-/m1/s1. The number of carbonyl (C=O) groups excluding carboxylic acids is 1. The van der Waals surface area contributed by atoms with Crippen molar-refractivity contribution in [2.75, 3.05) is 6.61 Å². The summed E-state index contributed by atoms with van der Waals surface area (Å²) in [6.07, 6.45) is 6.41. The van der Waals surface area contributed by atoms with Gasteiger partial charge in [0.05, 0.1) is 16.5 Å². The lowest BCUT2D eigenvalue weighted by molar-refractivity contribution is 0.0946. The van der Waals surface area contributed by atoms with Crippen LogP contribution in [0.15, 0.2) is 84.9 Å². The third-order valence-corrected chi connectivity index (χ3v) is 11.0. The molecule has 1 aromatic heterocycles. The molecule has 7 nitrogen and oxygen atoms in total. The summed E-state index contributed by atoms with van der Waals surface area (Å²) in [6.45, 7) is 6.50. The van der Waals surface area contributed by atoms with Crippen LogP contribution in [0.3, 0.4) is 0 Å². The van der Waals surface area contributed by atoms with Crippen molar-refractivity contribution in [2.24, 2.45) is 5.92 Å². The lowest BCUT2D eigenvalue weighted by Crippen LogP contribution is -2.36. The fourth-order valence-corrected chi connectivity index (χ4v) is 8.04. The summed E-state index contributed by atoms with van der Waals surface area (Å²) in [7, 11) is -1.34. The summed E-state index contributed by atoms with van der Waals surface area (Å²) in [4.78, 5) is 18.7. The summed E-state index contributed by atoms with van der Waals surface area (Å²) in [5.74, 6) is 8.62. The smallest absolute Gasteiger partial charge is 0.270 e. The van der Waals surface area contributed by atoms with Crippen molar-refractivity contribution in [3.63, 3.8) is 0 Å². The number of para-hydroxylation sites is 1. The van der Waals surface area contributed by atoms with Crippen LogP contribution in [-0.4, -0.2) is 35.9 Å². The first kappa shape index (κ1) is 34.6. The Bertz CT molecular complexity index is 1850. The Balaban J connectivity index is 1.28. The van der Waals surface area contributed by atoms with E-state index in [4.69, 9.17) is 9.72 Å². The number of amides is 1. The predicted molar refractivity (Wildman–Crippen MR) is 195 cm³/mol. The molecule has 3 aromatic carbocycles. The summed E-state index contributed by atoms with van der Waals surface area (Å²) >= 11 is 0. The molecule has 2 N–H and O–H groups in total. The molecule has 0 unspecified atom stereocenters. The van der Waals surface area contributed by atoms with Crippen LogP contribution < -0.4 is 10.1 Å². The number of rotatable bonds is 10. The number of aliphatic hydroxyl groups excluding tert-OH is 1. The van der Waals surface area contributed by atoms with E-state index in [1.54, 1.807) is 0 Å². The van der Waals surface area contributed by atoms with Gasteiger partial charge in [0.2, 0.25) is 0 Å². The maximum Gasteiger partial charge on any atom is 0.270 e. The molecule has 2 aliphatic rings. The second-order valence-corrected chi connectivity index (χ2v) is 16.1. The molecule has 4 aromatic rings. The predicted octanol–water partition coefficient (Wildman–Crippen LogP) is 8.10. The van der Waals surface area contributed by atoms with E-state index in [1.807, 2.05) is 110 Å². The Labute approximate surface area is 292 Å². The number of nitrogens with zero attached hydrogens (tertiary/aromatic N) is 2. The van der Waals surface area contributed by atoms with E-state index in [1.165, 1.54) is 25.7 Å². The third-order valence-electron chi connectivity index (χ3n) is 9.11. The number of hydrogen-bond donors (Lipinski definition) is 2. The normalized spacial score (nSPS) is 16.9. The maximum absolute atomic E-state index is 13.8. The Kier molecular flexibility index (Phi) is 10.9. The number of nitrogens with one attached hydrogen (secondary N) is 1. The highest BCUT2D eigenvalue weighted by Crippen LogP contribution is 2.44. The molecule has 0 bridgehead atoms. The van der Waals surface area contributed by atoms with Crippen molar-refractivity contribution in [1.29, 1.82) is 0 Å². The number of pyridine rings is 1. The van der Waals surface area contributed by atoms with Gasteiger partial charge in [-0.3, -0.25) is 4.79 Å². The van der Waals surface area contributed by atoms with E-state index < -0.39 is 15.7 Å². The van der Waals surface area contributed by atoms with Gasteiger partial charge in [-0.1, -0.05) is 67.1 Å². The lowest BCUT2D eigenvalue weighted by Gasteiger charge is -2.30. The van der Waals surface area contributed by atoms with Gasteiger partial charge in [0, 0.05) is 42.8 Å². The monoisotopic (exact) mass is 675 g/mol. The minimum atomic E-state index is -1.34. The quantitative estimate of drug-likeness (QED) is 0.166. The van der Waals surface area contributed by atoms with Gasteiger partial charge in [0.15, 0.2) is 0 Å². The average molecular weight is 676 g/mol. The average Bonchev–Trinajstić information content (AvgIpc) is 3.75. The van der Waals surface area contributed by atoms with Crippen LogP contribution in [0.2, 0.25) is 0 Å². The SMILES string of the molecule is CC(C)(C)[S@@](=O)N1Cc2cc(C(=O)NCc3ccc(Oc4ccccc4)cc3)nc(-c3cccc(C#CCC4CCCC4)c3)c2[C@H]1CCO. The molecule has 1 aliphatic carbocycles. The molecular weight excluding hydrogens is 631 g/mol. The van der Waals surface area contributed by atoms with Gasteiger partial charge in [0.25, 0.3) is 5.91 Å². The van der Waals surface area contributed by atoms with Crippen molar-refractivity contribution >= 4 is 16.9 Å². The van der Waals surface area contributed by atoms with Crippen LogP contribution in [0.4, 0.5) is 0 Å². The molecule has 1 fully saturated rings. The first-order chi connectivity index (χ1) is 23.7. The van der Waals surface area contributed by atoms with Gasteiger partial charge in [-0.25, -0.2) is 13.5 Å². The van der Waals surface area contributed by atoms with E-state index in [9.17, 15) is 14.1 Å². The maximum atomic E-state index is 13.8. The fraction of sp³-hybridized carbons (Fsp3) is 0.366. The number of aromatic nitrogens is 1. The topological polar surface area (TPSA) is 91.8 Å². The zero-order valence-corrected chi connectivity index (χ0v) is 29.4. The molecule has 2 heterocycles. The van der Waals surface area contributed by atoms with Crippen molar-refractivity contribution in [1.82, 2.24) is 14.6 Å². The zero-order chi connectivity index (χ0) is 34.4. The Hall–Kier alpha value is -4.29. The molecule has 0 saturated heterocycles. The Morgan fingerprint density at radius 3 is 2.45 bits per heavy atom. The highest BCUT2D eigenvalue weighted by Gasteiger charge is 2.40. The van der Waals surface area contributed by atoms with Gasteiger partial charge in [-0.15, -0.1) is 0 Å². The van der Waals surface area contributed by atoms with E-state index >= 15 is 0 Å². The second-order valence-electron chi connectivity index (χ2n) is 13.9. The van der Waals surface area contributed by atoms with Crippen LogP contribution >= 0.6 is 0 Å². The molecular formula is C41H45N3O4S. The van der Waals surface area contributed by atoms with Crippen LogP contribution in [0.5, 0.6) is 11.5 Å². The summed E-state index contributed by atoms with van der Waals surface area (Å²) < 4.78 is 21.1. The number of fused-ring (bicyclic) bond motifs is 1. The molecule has 2 atom stereocenters.